The van der Waals surface area contributed by atoms with Crippen molar-refractivity contribution in [2.75, 3.05) is 23.8 Å². The van der Waals surface area contributed by atoms with Gasteiger partial charge in [0.05, 0.1) is 29.2 Å². The van der Waals surface area contributed by atoms with E-state index in [1.165, 1.54) is 6.92 Å². The molecule has 0 aromatic heterocycles. The van der Waals surface area contributed by atoms with Crippen molar-refractivity contribution in [3.05, 3.63) is 80.8 Å². The van der Waals surface area contributed by atoms with Crippen molar-refractivity contribution in [3.63, 3.8) is 0 Å². The molecular formula is C38H47BrN2O6. The average Bonchev–Trinajstić information content (AvgIpc) is 2.97. The predicted octanol–water partition coefficient (Wildman–Crippen LogP) is 7.82. The molecule has 0 aliphatic heterocycles. The summed E-state index contributed by atoms with van der Waals surface area (Å²) in [7, 11) is 0. The number of rotatable bonds is 11. The highest BCUT2D eigenvalue weighted by Crippen LogP contribution is 2.49. The van der Waals surface area contributed by atoms with Crippen LogP contribution in [0.2, 0.25) is 0 Å². The summed E-state index contributed by atoms with van der Waals surface area (Å²) in [5.41, 5.74) is 3.51. The van der Waals surface area contributed by atoms with E-state index in [9.17, 15) is 19.5 Å². The van der Waals surface area contributed by atoms with E-state index in [1.807, 2.05) is 71.0 Å². The molecule has 3 aromatic rings. The number of aliphatic hydroxyl groups is 1. The van der Waals surface area contributed by atoms with Gasteiger partial charge in [-0.15, -0.1) is 0 Å². The Morgan fingerprint density at radius 2 is 1.51 bits per heavy atom. The second-order valence-corrected chi connectivity index (χ2v) is 14.2. The van der Waals surface area contributed by atoms with Gasteiger partial charge < -0.3 is 25.2 Å². The maximum atomic E-state index is 14.3. The fourth-order valence-corrected chi connectivity index (χ4v) is 6.81. The van der Waals surface area contributed by atoms with E-state index in [1.54, 1.807) is 12.1 Å². The summed E-state index contributed by atoms with van der Waals surface area (Å²) in [5.74, 6) is -3.63. The van der Waals surface area contributed by atoms with Crippen LogP contribution in [0, 0.1) is 45.4 Å². The number of benzene rings is 3. The highest BCUT2D eigenvalue weighted by molar-refractivity contribution is 9.10. The molecule has 0 bridgehead atoms. The minimum absolute atomic E-state index is 0.338. The first-order chi connectivity index (χ1) is 22.1. The zero-order valence-corrected chi connectivity index (χ0v) is 30.2. The monoisotopic (exact) mass is 706 g/mol. The second-order valence-electron chi connectivity index (χ2n) is 13.4. The lowest BCUT2D eigenvalue weighted by atomic mass is 9.61. The maximum absolute atomic E-state index is 14.3. The Kier molecular flexibility index (Phi) is 11.6. The standard InChI is InChI=1S/C38H47BrN2O6/c1-9-46-31-19-26(18-27(39)35(31)47-15-14-21(2)3)32-33(36(43)40-28-16-22(4)10-12-24(28)6)30(42)20-38(8,45)34(32)37(44)41-29-17-23(5)11-13-25(29)7/h10-13,16-19,21,32-34,45H,9,14-15,20H2,1-8H3,(H,40,43)(H,41,44). The lowest BCUT2D eigenvalue weighted by Crippen LogP contribution is -2.56. The summed E-state index contributed by atoms with van der Waals surface area (Å²) in [6.45, 7) is 16.0. The van der Waals surface area contributed by atoms with E-state index in [2.05, 4.69) is 40.4 Å². The number of ether oxygens (including phenoxy) is 2. The summed E-state index contributed by atoms with van der Waals surface area (Å²) in [5, 5.41) is 17.8. The molecule has 4 atom stereocenters. The van der Waals surface area contributed by atoms with Gasteiger partial charge in [-0.05, 0) is 122 Å². The first-order valence-electron chi connectivity index (χ1n) is 16.2. The first kappa shape index (κ1) is 36.2. The maximum Gasteiger partial charge on any atom is 0.235 e. The van der Waals surface area contributed by atoms with E-state index >= 15 is 0 Å². The summed E-state index contributed by atoms with van der Waals surface area (Å²) in [6.07, 6.45) is 0.468. The van der Waals surface area contributed by atoms with Crippen LogP contribution in [-0.2, 0) is 14.4 Å². The minimum atomic E-state index is -1.76. The number of carbonyl (C=O) groups is 3. The lowest BCUT2D eigenvalue weighted by molar-refractivity contribution is -0.150. The number of ketones is 1. The third kappa shape index (κ3) is 8.43. The largest absolute Gasteiger partial charge is 0.490 e. The predicted molar refractivity (Wildman–Crippen MR) is 189 cm³/mol. The molecule has 2 amide bonds. The summed E-state index contributed by atoms with van der Waals surface area (Å²) in [4.78, 5) is 42.5. The van der Waals surface area contributed by atoms with Crippen LogP contribution in [0.4, 0.5) is 11.4 Å². The number of carbonyl (C=O) groups excluding carboxylic acids is 3. The van der Waals surface area contributed by atoms with Gasteiger partial charge in [-0.3, -0.25) is 14.4 Å². The van der Waals surface area contributed by atoms with Crippen molar-refractivity contribution in [1.29, 1.82) is 0 Å². The van der Waals surface area contributed by atoms with Crippen molar-refractivity contribution in [2.45, 2.75) is 79.8 Å². The van der Waals surface area contributed by atoms with Gasteiger partial charge in [0.2, 0.25) is 11.8 Å². The molecule has 0 heterocycles. The van der Waals surface area contributed by atoms with Crippen molar-refractivity contribution in [3.8, 4) is 11.5 Å². The van der Waals surface area contributed by atoms with Crippen molar-refractivity contribution in [2.24, 2.45) is 17.8 Å². The molecule has 1 saturated carbocycles. The lowest BCUT2D eigenvalue weighted by Gasteiger charge is -2.44. The highest BCUT2D eigenvalue weighted by atomic mass is 79.9. The van der Waals surface area contributed by atoms with Gasteiger partial charge in [0, 0.05) is 23.7 Å². The Hall–Kier alpha value is -3.69. The Bertz CT molecular complexity index is 1650. The smallest absolute Gasteiger partial charge is 0.235 e. The molecule has 47 heavy (non-hydrogen) atoms. The molecule has 4 rings (SSSR count). The molecule has 3 aromatic carbocycles. The minimum Gasteiger partial charge on any atom is -0.490 e. The van der Waals surface area contributed by atoms with Crippen LogP contribution < -0.4 is 20.1 Å². The molecule has 0 saturated heterocycles. The average molecular weight is 708 g/mol. The molecule has 0 spiro atoms. The van der Waals surface area contributed by atoms with E-state index in [0.29, 0.717) is 52.0 Å². The summed E-state index contributed by atoms with van der Waals surface area (Å²) < 4.78 is 12.7. The first-order valence-corrected chi connectivity index (χ1v) is 17.0. The molecule has 1 aliphatic rings. The molecule has 8 nitrogen and oxygen atoms in total. The molecule has 9 heteroatoms. The summed E-state index contributed by atoms with van der Waals surface area (Å²) in [6, 6.07) is 14.9. The highest BCUT2D eigenvalue weighted by Gasteiger charge is 2.56. The number of amides is 2. The second kappa shape index (κ2) is 15.0. The molecular weight excluding hydrogens is 660 g/mol. The van der Waals surface area contributed by atoms with Gasteiger partial charge in [0.15, 0.2) is 11.5 Å². The Labute approximate surface area is 286 Å². The Balaban J connectivity index is 1.87. The van der Waals surface area contributed by atoms with Crippen LogP contribution in [-0.4, -0.2) is 41.5 Å². The Morgan fingerprint density at radius 1 is 0.936 bits per heavy atom. The number of hydrogen-bond donors (Lipinski definition) is 3. The topological polar surface area (TPSA) is 114 Å². The van der Waals surface area contributed by atoms with Crippen LogP contribution in [0.25, 0.3) is 0 Å². The molecule has 4 unspecified atom stereocenters. The number of nitrogens with one attached hydrogen (secondary N) is 2. The van der Waals surface area contributed by atoms with Crippen LogP contribution in [0.15, 0.2) is 53.0 Å². The van der Waals surface area contributed by atoms with Gasteiger partial charge >= 0.3 is 0 Å². The van der Waals surface area contributed by atoms with E-state index in [0.717, 1.165) is 28.7 Å². The van der Waals surface area contributed by atoms with E-state index in [4.69, 9.17) is 9.47 Å². The van der Waals surface area contributed by atoms with Crippen molar-refractivity contribution in [1.82, 2.24) is 0 Å². The van der Waals surface area contributed by atoms with Crippen LogP contribution >= 0.6 is 15.9 Å². The van der Waals surface area contributed by atoms with Gasteiger partial charge in [-0.2, -0.15) is 0 Å². The zero-order chi connectivity index (χ0) is 34.6. The fourth-order valence-electron chi connectivity index (χ4n) is 6.23. The third-order valence-corrected chi connectivity index (χ3v) is 9.38. The molecule has 1 aliphatic carbocycles. The van der Waals surface area contributed by atoms with Crippen LogP contribution in [0.1, 0.15) is 74.3 Å². The summed E-state index contributed by atoms with van der Waals surface area (Å²) >= 11 is 3.65. The number of hydrogen-bond acceptors (Lipinski definition) is 6. The number of aryl methyl sites for hydroxylation is 4. The fraction of sp³-hybridized carbons (Fsp3) is 0.447. The van der Waals surface area contributed by atoms with Crippen molar-refractivity contribution < 1.29 is 29.0 Å². The van der Waals surface area contributed by atoms with Gasteiger partial charge in [0.25, 0.3) is 0 Å². The van der Waals surface area contributed by atoms with Gasteiger partial charge in [0.1, 0.15) is 11.7 Å². The Morgan fingerprint density at radius 3 is 2.06 bits per heavy atom. The van der Waals surface area contributed by atoms with Gasteiger partial charge in [-0.1, -0.05) is 38.1 Å². The third-order valence-electron chi connectivity index (χ3n) is 8.79. The number of anilines is 2. The SMILES string of the molecule is CCOc1cc(C2C(C(=O)Nc3cc(C)ccc3C)C(=O)CC(C)(O)C2C(=O)Nc2cc(C)ccc2C)cc(Br)c1OCCC(C)C. The number of Topliss-reactive ketones (excluding diaryl/α,β-unsaturated/α-hetero) is 1. The molecule has 0 radical (unpaired) electrons. The van der Waals surface area contributed by atoms with Crippen LogP contribution in [0.3, 0.4) is 0 Å². The van der Waals surface area contributed by atoms with Crippen LogP contribution in [0.5, 0.6) is 11.5 Å². The quantitative estimate of drug-likeness (QED) is 0.175. The normalized spacial score (nSPS) is 21.0. The molecule has 1 fully saturated rings. The molecule has 3 N–H and O–H groups in total. The van der Waals surface area contributed by atoms with Crippen molar-refractivity contribution >= 4 is 44.9 Å². The van der Waals surface area contributed by atoms with E-state index in [-0.39, 0.29) is 6.42 Å². The number of halogens is 1. The zero-order valence-electron chi connectivity index (χ0n) is 28.6. The van der Waals surface area contributed by atoms with E-state index < -0.39 is 41.0 Å². The molecule has 252 valence electrons. The van der Waals surface area contributed by atoms with Gasteiger partial charge in [-0.25, -0.2) is 0 Å².